The van der Waals surface area contributed by atoms with Crippen LogP contribution >= 0.6 is 0 Å². The van der Waals surface area contributed by atoms with Crippen LogP contribution in [0.15, 0.2) is 60.3 Å². The zero-order chi connectivity index (χ0) is 32.1. The number of carbonyl (C=O) groups is 1. The third kappa shape index (κ3) is 10.4. The van der Waals surface area contributed by atoms with Crippen molar-refractivity contribution in [2.24, 2.45) is 5.92 Å². The van der Waals surface area contributed by atoms with Gasteiger partial charge in [0.05, 0.1) is 37.1 Å². The summed E-state index contributed by atoms with van der Waals surface area (Å²) in [4.78, 5) is 13.0. The van der Waals surface area contributed by atoms with Crippen LogP contribution in [0.2, 0.25) is 18.1 Å². The van der Waals surface area contributed by atoms with E-state index >= 15 is 0 Å². The van der Waals surface area contributed by atoms with Gasteiger partial charge < -0.3 is 28.5 Å². The fraction of sp³-hybridized carbons (Fsp3) is 0.694. The van der Waals surface area contributed by atoms with Crippen molar-refractivity contribution in [2.75, 3.05) is 6.61 Å². The molecular weight excluding hydrogens is 572 g/mol. The molecule has 44 heavy (non-hydrogen) atoms. The quantitative estimate of drug-likeness (QED) is 0.150. The smallest absolute Gasteiger partial charge is 0.330 e. The van der Waals surface area contributed by atoms with Gasteiger partial charge in [0.15, 0.2) is 8.32 Å². The number of rotatable bonds is 5. The van der Waals surface area contributed by atoms with E-state index in [1.165, 1.54) is 11.6 Å². The first-order valence-electron chi connectivity index (χ1n) is 16.5. The largest absolute Gasteiger partial charge is 0.456 e. The first-order chi connectivity index (χ1) is 20.7. The third-order valence-corrected chi connectivity index (χ3v) is 14.2. The van der Waals surface area contributed by atoms with Gasteiger partial charge in [-0.25, -0.2) is 4.79 Å². The predicted molar refractivity (Wildman–Crippen MR) is 177 cm³/mol. The second-order valence-corrected chi connectivity index (χ2v) is 19.6. The number of epoxide rings is 1. The van der Waals surface area contributed by atoms with Crippen molar-refractivity contribution in [1.29, 1.82) is 0 Å². The molecule has 8 heteroatoms. The molecule has 0 radical (unpaired) electrons. The molecule has 0 aliphatic carbocycles. The summed E-state index contributed by atoms with van der Waals surface area (Å²) < 4.78 is 31.3. The van der Waals surface area contributed by atoms with Gasteiger partial charge in [-0.05, 0) is 69.5 Å². The molecule has 7 nitrogen and oxygen atoms in total. The van der Waals surface area contributed by atoms with Crippen LogP contribution in [0.4, 0.5) is 0 Å². The second-order valence-electron chi connectivity index (χ2n) is 14.9. The molecule has 4 heterocycles. The maximum atomic E-state index is 13.0. The van der Waals surface area contributed by atoms with E-state index in [-0.39, 0.29) is 41.7 Å². The van der Waals surface area contributed by atoms with Gasteiger partial charge in [0.2, 0.25) is 0 Å². The molecule has 246 valence electrons. The van der Waals surface area contributed by atoms with E-state index < -0.39 is 26.5 Å². The minimum atomic E-state index is -2.12. The van der Waals surface area contributed by atoms with Crippen LogP contribution in [0.25, 0.3) is 0 Å². The van der Waals surface area contributed by atoms with Crippen LogP contribution in [0, 0.1) is 5.92 Å². The Hall–Kier alpha value is -1.81. The number of aliphatic hydroxyl groups is 1. The third-order valence-electron chi connectivity index (χ3n) is 9.67. The SMILES string of the molecule is C=C1C[C@H](C)C[C@@H]2CC=C[C@@H](C/C=C\C(=O)O[C@H]([C@@H](O)/C=C/[C@@H]3CC(C)=CCO3)C[C@@H]3O[C@H]3[C@@H](O[Si](C)(C)C(C)(C)C)C1)O2. The summed E-state index contributed by atoms with van der Waals surface area (Å²) in [7, 11) is -2.12. The van der Waals surface area contributed by atoms with Crippen molar-refractivity contribution in [1.82, 2.24) is 0 Å². The van der Waals surface area contributed by atoms with E-state index in [1.807, 2.05) is 6.08 Å². The first-order valence-corrected chi connectivity index (χ1v) is 19.4. The summed E-state index contributed by atoms with van der Waals surface area (Å²) >= 11 is 0. The number of carbonyl (C=O) groups excluding carboxylic acids is 1. The number of ether oxygens (including phenoxy) is 4. The highest BCUT2D eigenvalue weighted by Gasteiger charge is 2.51. The van der Waals surface area contributed by atoms with Crippen molar-refractivity contribution in [2.45, 2.75) is 147 Å². The van der Waals surface area contributed by atoms with Gasteiger partial charge in [-0.3, -0.25) is 0 Å². The lowest BCUT2D eigenvalue weighted by Gasteiger charge is -2.39. The zero-order valence-corrected chi connectivity index (χ0v) is 29.0. The van der Waals surface area contributed by atoms with Crippen molar-refractivity contribution >= 4 is 14.3 Å². The monoisotopic (exact) mass is 628 g/mol. The van der Waals surface area contributed by atoms with Crippen molar-refractivity contribution in [3.05, 3.63) is 60.3 Å². The topological polar surface area (TPSA) is 86.8 Å². The fourth-order valence-corrected chi connectivity index (χ4v) is 7.42. The highest BCUT2D eigenvalue weighted by atomic mass is 28.4. The molecule has 9 atom stereocenters. The van der Waals surface area contributed by atoms with E-state index in [4.69, 9.17) is 23.4 Å². The van der Waals surface area contributed by atoms with E-state index in [2.05, 4.69) is 72.5 Å². The highest BCUT2D eigenvalue weighted by Crippen LogP contribution is 2.42. The molecule has 2 bridgehead atoms. The van der Waals surface area contributed by atoms with E-state index in [1.54, 1.807) is 12.2 Å². The Morgan fingerprint density at radius 3 is 2.61 bits per heavy atom. The van der Waals surface area contributed by atoms with Gasteiger partial charge >= 0.3 is 5.97 Å². The summed E-state index contributed by atoms with van der Waals surface area (Å²) in [5.74, 6) is -0.0619. The predicted octanol–water partition coefficient (Wildman–Crippen LogP) is 7.13. The van der Waals surface area contributed by atoms with Crippen LogP contribution in [0.1, 0.15) is 79.6 Å². The van der Waals surface area contributed by atoms with Crippen molar-refractivity contribution in [3.63, 3.8) is 0 Å². The summed E-state index contributed by atoms with van der Waals surface area (Å²) in [5.41, 5.74) is 2.42. The zero-order valence-electron chi connectivity index (χ0n) is 28.0. The number of hydrogen-bond acceptors (Lipinski definition) is 7. The molecule has 0 unspecified atom stereocenters. The maximum Gasteiger partial charge on any atom is 0.330 e. The molecular formula is C36H56O7Si. The normalized spacial score (nSPS) is 36.0. The van der Waals surface area contributed by atoms with Crippen LogP contribution in [-0.2, 0) is 28.2 Å². The number of fused-ring (bicyclic) bond motifs is 3. The minimum absolute atomic E-state index is 0.0422. The Morgan fingerprint density at radius 2 is 1.89 bits per heavy atom. The molecule has 0 aromatic heterocycles. The van der Waals surface area contributed by atoms with Crippen LogP contribution < -0.4 is 0 Å². The average molecular weight is 629 g/mol. The lowest BCUT2D eigenvalue weighted by atomic mass is 9.91. The number of esters is 1. The molecule has 4 aliphatic rings. The molecule has 1 saturated heterocycles. The van der Waals surface area contributed by atoms with E-state index in [0.717, 1.165) is 31.3 Å². The van der Waals surface area contributed by atoms with E-state index in [9.17, 15) is 9.90 Å². The second kappa shape index (κ2) is 15.2. The van der Waals surface area contributed by atoms with Gasteiger partial charge in [-0.2, -0.15) is 0 Å². The lowest BCUT2D eigenvalue weighted by Crippen LogP contribution is -2.46. The fourth-order valence-electron chi connectivity index (χ4n) is 6.09. The van der Waals surface area contributed by atoms with Crippen LogP contribution in [-0.4, -0.2) is 74.8 Å². The number of aliphatic hydroxyl groups excluding tert-OH is 1. The standard InChI is InChI=1S/C36H56O7Si/c1-24-17-18-39-28(20-24)15-16-30(37)31-23-32-35(42-32)33(43-44(7,8)36(4,5)6)22-26(3)19-25(2)21-29-13-9-11-27(40-29)12-10-14-34(38)41-31/h9-11,14-17,25,27-33,35,37H,3,12-13,18-23H2,1-2,4-8H3/b14-10-,16-15+/t25-,27-,28+,29-,30-,31-,32-,33-,35+/m0/s1. The van der Waals surface area contributed by atoms with Crippen LogP contribution in [0.3, 0.4) is 0 Å². The summed E-state index contributed by atoms with van der Waals surface area (Å²) in [6, 6.07) is 0. The van der Waals surface area contributed by atoms with Gasteiger partial charge in [0.1, 0.15) is 18.3 Å². The summed E-state index contributed by atoms with van der Waals surface area (Å²) in [5, 5.41) is 11.3. The Labute approximate surface area is 266 Å². The summed E-state index contributed by atoms with van der Waals surface area (Å²) in [6.45, 7) is 20.6. The molecule has 0 aromatic rings. The molecule has 1 fully saturated rings. The Kier molecular flexibility index (Phi) is 12.1. The molecule has 4 aliphatic heterocycles. The Balaban J connectivity index is 1.55. The Morgan fingerprint density at radius 1 is 1.11 bits per heavy atom. The minimum Gasteiger partial charge on any atom is -0.456 e. The lowest BCUT2D eigenvalue weighted by molar-refractivity contribution is -0.148. The van der Waals surface area contributed by atoms with Gasteiger partial charge in [-0.1, -0.05) is 81.9 Å². The van der Waals surface area contributed by atoms with Gasteiger partial charge in [-0.15, -0.1) is 0 Å². The molecule has 0 aromatic carbocycles. The molecule has 1 N–H and O–H groups in total. The van der Waals surface area contributed by atoms with E-state index in [0.29, 0.717) is 31.8 Å². The first kappa shape index (κ1) is 35.0. The van der Waals surface area contributed by atoms with Crippen molar-refractivity contribution in [3.8, 4) is 0 Å². The Bertz CT molecular complexity index is 1120. The average Bonchev–Trinajstić information content (AvgIpc) is 3.69. The van der Waals surface area contributed by atoms with Gasteiger partial charge in [0, 0.05) is 12.5 Å². The van der Waals surface area contributed by atoms with Gasteiger partial charge in [0.25, 0.3) is 0 Å². The summed E-state index contributed by atoms with van der Waals surface area (Å²) in [6.07, 6.45) is 16.0. The molecule has 0 amide bonds. The molecule has 4 rings (SSSR count). The molecule has 0 saturated carbocycles. The highest BCUT2D eigenvalue weighted by molar-refractivity contribution is 6.74. The number of hydrogen-bond donors (Lipinski definition) is 1. The van der Waals surface area contributed by atoms with Crippen molar-refractivity contribution < 1.29 is 33.3 Å². The number of cyclic esters (lactones) is 1. The maximum absolute atomic E-state index is 13.0. The van der Waals surface area contributed by atoms with Crippen LogP contribution in [0.5, 0.6) is 0 Å². The molecule has 0 spiro atoms.